The average molecular weight is 457 g/mol. The monoisotopic (exact) mass is 456 g/mol. The SMILES string of the molecule is CCNCCN1CCN(C)CCN(C)CCN(CCNCC)CCN(C)CCN(C)CC1. The molecular weight excluding hydrogens is 400 g/mol. The lowest BCUT2D eigenvalue weighted by atomic mass is 10.3. The molecule has 8 heteroatoms. The van der Waals surface area contributed by atoms with Gasteiger partial charge in [0.15, 0.2) is 0 Å². The van der Waals surface area contributed by atoms with E-state index in [2.05, 4.69) is 82.1 Å². The summed E-state index contributed by atoms with van der Waals surface area (Å²) in [4.78, 5) is 15.3. The Morgan fingerprint density at radius 1 is 0.438 bits per heavy atom. The molecule has 1 aliphatic rings. The zero-order chi connectivity index (χ0) is 23.6. The molecule has 0 amide bonds. The molecule has 1 aliphatic heterocycles. The molecule has 0 spiro atoms. The number of nitrogens with one attached hydrogen (secondary N) is 2. The summed E-state index contributed by atoms with van der Waals surface area (Å²) in [7, 11) is 9.11. The van der Waals surface area contributed by atoms with Crippen molar-refractivity contribution in [1.29, 1.82) is 0 Å². The van der Waals surface area contributed by atoms with Gasteiger partial charge < -0.3 is 30.2 Å². The lowest BCUT2D eigenvalue weighted by Crippen LogP contribution is -2.45. The van der Waals surface area contributed by atoms with Crippen LogP contribution in [0.15, 0.2) is 0 Å². The van der Waals surface area contributed by atoms with E-state index >= 15 is 0 Å². The van der Waals surface area contributed by atoms with Crippen LogP contribution in [-0.4, -0.2) is 175 Å². The van der Waals surface area contributed by atoms with Crippen molar-refractivity contribution in [2.45, 2.75) is 13.8 Å². The second kappa shape index (κ2) is 19.0. The Kier molecular flexibility index (Phi) is 17.7. The van der Waals surface area contributed by atoms with Crippen LogP contribution in [0.4, 0.5) is 0 Å². The molecule has 0 unspecified atom stereocenters. The number of nitrogens with zero attached hydrogens (tertiary/aromatic N) is 6. The highest BCUT2D eigenvalue weighted by atomic mass is 15.3. The first-order chi connectivity index (χ1) is 15.4. The van der Waals surface area contributed by atoms with Crippen LogP contribution >= 0.6 is 0 Å². The van der Waals surface area contributed by atoms with Crippen molar-refractivity contribution < 1.29 is 0 Å². The Morgan fingerprint density at radius 2 is 0.688 bits per heavy atom. The molecule has 0 aromatic carbocycles. The minimum atomic E-state index is 1.05. The molecule has 0 aromatic rings. The molecule has 0 aliphatic carbocycles. The Hall–Kier alpha value is -0.320. The van der Waals surface area contributed by atoms with E-state index in [1.165, 1.54) is 0 Å². The average Bonchev–Trinajstić information content (AvgIpc) is 2.78. The van der Waals surface area contributed by atoms with Gasteiger partial charge in [0.05, 0.1) is 0 Å². The van der Waals surface area contributed by atoms with Crippen molar-refractivity contribution in [1.82, 2.24) is 40.0 Å². The van der Waals surface area contributed by atoms with Gasteiger partial charge in [-0.3, -0.25) is 9.80 Å². The topological polar surface area (TPSA) is 43.5 Å². The van der Waals surface area contributed by atoms with Crippen LogP contribution in [0.25, 0.3) is 0 Å². The standard InChI is InChI=1S/C24H56N8/c1-7-25-9-11-31-21-17-27(3)13-15-29(5)19-23-32(12-10-26-8-2)24-20-30(6)16-14-28(4)18-22-31/h25-26H,7-24H2,1-6H3. The molecule has 32 heavy (non-hydrogen) atoms. The van der Waals surface area contributed by atoms with E-state index in [4.69, 9.17) is 0 Å². The van der Waals surface area contributed by atoms with Crippen molar-refractivity contribution in [2.75, 3.05) is 146 Å². The van der Waals surface area contributed by atoms with Gasteiger partial charge in [-0.05, 0) is 41.3 Å². The van der Waals surface area contributed by atoms with Crippen LogP contribution in [0.5, 0.6) is 0 Å². The van der Waals surface area contributed by atoms with Crippen molar-refractivity contribution in [3.05, 3.63) is 0 Å². The highest BCUT2D eigenvalue weighted by Crippen LogP contribution is 1.97. The molecule has 1 rings (SSSR count). The number of hydrogen-bond donors (Lipinski definition) is 2. The van der Waals surface area contributed by atoms with Crippen LogP contribution in [0, 0.1) is 0 Å². The van der Waals surface area contributed by atoms with Gasteiger partial charge in [-0.1, -0.05) is 13.8 Å². The van der Waals surface area contributed by atoms with Gasteiger partial charge in [-0.15, -0.1) is 0 Å². The minimum Gasteiger partial charge on any atom is -0.316 e. The summed E-state index contributed by atoms with van der Waals surface area (Å²) < 4.78 is 0. The van der Waals surface area contributed by atoms with Crippen molar-refractivity contribution in [2.24, 2.45) is 0 Å². The molecule has 192 valence electrons. The van der Waals surface area contributed by atoms with E-state index in [9.17, 15) is 0 Å². The summed E-state index contributed by atoms with van der Waals surface area (Å²) >= 11 is 0. The molecule has 1 fully saturated rings. The van der Waals surface area contributed by atoms with Gasteiger partial charge in [0.2, 0.25) is 0 Å². The van der Waals surface area contributed by atoms with E-state index in [1.807, 2.05) is 0 Å². The van der Waals surface area contributed by atoms with Gasteiger partial charge >= 0.3 is 0 Å². The highest BCUT2D eigenvalue weighted by Gasteiger charge is 2.12. The molecule has 0 aromatic heterocycles. The van der Waals surface area contributed by atoms with Crippen LogP contribution in [-0.2, 0) is 0 Å². The predicted octanol–water partition coefficient (Wildman–Crippen LogP) is -0.450. The second-order valence-corrected chi connectivity index (χ2v) is 9.60. The van der Waals surface area contributed by atoms with Crippen LogP contribution in [0.1, 0.15) is 13.8 Å². The van der Waals surface area contributed by atoms with Gasteiger partial charge in [0, 0.05) is 105 Å². The van der Waals surface area contributed by atoms with E-state index in [1.54, 1.807) is 0 Å². The largest absolute Gasteiger partial charge is 0.316 e. The molecule has 2 N–H and O–H groups in total. The first-order valence-corrected chi connectivity index (χ1v) is 13.0. The Morgan fingerprint density at radius 3 is 0.938 bits per heavy atom. The number of hydrogen-bond acceptors (Lipinski definition) is 8. The summed E-state index contributed by atoms with van der Waals surface area (Å²) in [5.74, 6) is 0. The maximum Gasteiger partial charge on any atom is 0.0110 e. The van der Waals surface area contributed by atoms with Crippen LogP contribution < -0.4 is 10.6 Å². The van der Waals surface area contributed by atoms with Gasteiger partial charge in [0.25, 0.3) is 0 Å². The molecule has 0 saturated carbocycles. The quantitative estimate of drug-likeness (QED) is 0.476. The van der Waals surface area contributed by atoms with E-state index in [-0.39, 0.29) is 0 Å². The smallest absolute Gasteiger partial charge is 0.0110 e. The second-order valence-electron chi connectivity index (χ2n) is 9.60. The Bertz CT molecular complexity index is 359. The number of likely N-dealkylation sites (N-methyl/N-ethyl adjacent to an activating group) is 6. The maximum absolute atomic E-state index is 3.49. The highest BCUT2D eigenvalue weighted by molar-refractivity contribution is 4.69. The molecule has 8 nitrogen and oxygen atoms in total. The Labute approximate surface area is 200 Å². The van der Waals surface area contributed by atoms with Crippen molar-refractivity contribution in [3.63, 3.8) is 0 Å². The number of rotatable bonds is 8. The fraction of sp³-hybridized carbons (Fsp3) is 1.00. The van der Waals surface area contributed by atoms with Crippen LogP contribution in [0.3, 0.4) is 0 Å². The zero-order valence-corrected chi connectivity index (χ0v) is 22.4. The molecule has 0 radical (unpaired) electrons. The lowest BCUT2D eigenvalue weighted by molar-refractivity contribution is 0.162. The predicted molar refractivity (Wildman–Crippen MR) is 140 cm³/mol. The zero-order valence-electron chi connectivity index (χ0n) is 22.4. The van der Waals surface area contributed by atoms with Crippen LogP contribution in [0.2, 0.25) is 0 Å². The third-order valence-electron chi connectivity index (χ3n) is 6.63. The molecule has 0 atom stereocenters. The first kappa shape index (κ1) is 29.7. The minimum absolute atomic E-state index is 1.05. The third kappa shape index (κ3) is 15.5. The van der Waals surface area contributed by atoms with Gasteiger partial charge in [-0.25, -0.2) is 0 Å². The summed E-state index contributed by atoms with van der Waals surface area (Å²) in [6.07, 6.45) is 0. The van der Waals surface area contributed by atoms with E-state index < -0.39 is 0 Å². The maximum atomic E-state index is 3.49. The normalized spacial score (nSPS) is 22.7. The first-order valence-electron chi connectivity index (χ1n) is 13.0. The Balaban J connectivity index is 2.64. The fourth-order valence-electron chi connectivity index (χ4n) is 3.88. The summed E-state index contributed by atoms with van der Waals surface area (Å²) in [5.41, 5.74) is 0. The summed E-state index contributed by atoms with van der Waals surface area (Å²) in [6, 6.07) is 0. The molecule has 0 bridgehead atoms. The van der Waals surface area contributed by atoms with Gasteiger partial charge in [-0.2, -0.15) is 0 Å². The van der Waals surface area contributed by atoms with E-state index in [0.717, 1.165) is 118 Å². The third-order valence-corrected chi connectivity index (χ3v) is 6.63. The molecule has 1 heterocycles. The molecular formula is C24H56N8. The van der Waals surface area contributed by atoms with Crippen molar-refractivity contribution in [3.8, 4) is 0 Å². The van der Waals surface area contributed by atoms with E-state index in [0.29, 0.717) is 0 Å². The fourth-order valence-corrected chi connectivity index (χ4v) is 3.88. The van der Waals surface area contributed by atoms with Crippen molar-refractivity contribution >= 4 is 0 Å². The summed E-state index contributed by atoms with van der Waals surface area (Å²) in [5, 5.41) is 6.98. The molecule has 1 saturated heterocycles. The van der Waals surface area contributed by atoms with Gasteiger partial charge in [0.1, 0.15) is 0 Å². The lowest BCUT2D eigenvalue weighted by Gasteiger charge is -2.31. The summed E-state index contributed by atoms with van der Waals surface area (Å²) in [6.45, 7) is 24.6.